The van der Waals surface area contributed by atoms with Gasteiger partial charge in [-0.15, -0.1) is 0 Å². The number of allylic oxidation sites excluding steroid dienone is 4. The van der Waals surface area contributed by atoms with Crippen LogP contribution in [0.5, 0.6) is 0 Å². The van der Waals surface area contributed by atoms with Crippen molar-refractivity contribution in [3.63, 3.8) is 0 Å². The van der Waals surface area contributed by atoms with E-state index >= 15 is 0 Å². The second-order valence-corrected chi connectivity index (χ2v) is 7.11. The third kappa shape index (κ3) is 1.32. The summed E-state index contributed by atoms with van der Waals surface area (Å²) >= 11 is 0. The summed E-state index contributed by atoms with van der Waals surface area (Å²) in [5.74, 6) is 0. The number of hydrogen-bond acceptors (Lipinski definition) is 0. The summed E-state index contributed by atoms with van der Waals surface area (Å²) in [5, 5.41) is 0. The Morgan fingerprint density at radius 3 is 2.00 bits per heavy atom. The quantitative estimate of drug-likeness (QED) is 0.640. The normalized spacial score (nSPS) is 25.9. The second kappa shape index (κ2) is 3.38. The standard InChI is InChI=1S/C18H22/c1-16(2)13-17(3,4)18(16)11-10-15(12-18)14-8-6-5-7-9-14/h5-12H,13H2,1-4H3. The maximum atomic E-state index is 2.51. The van der Waals surface area contributed by atoms with E-state index in [0.29, 0.717) is 10.8 Å². The smallest absolute Gasteiger partial charge is 0.0176 e. The monoisotopic (exact) mass is 238 g/mol. The van der Waals surface area contributed by atoms with Crippen molar-refractivity contribution < 1.29 is 0 Å². The molecule has 0 aliphatic heterocycles. The van der Waals surface area contributed by atoms with Gasteiger partial charge in [0.25, 0.3) is 0 Å². The number of rotatable bonds is 1. The molecule has 0 atom stereocenters. The lowest BCUT2D eigenvalue weighted by Gasteiger charge is -2.65. The van der Waals surface area contributed by atoms with Crippen LogP contribution in [0.4, 0.5) is 0 Å². The highest BCUT2D eigenvalue weighted by atomic mass is 14.7. The average Bonchev–Trinajstić information content (AvgIpc) is 2.77. The first-order valence-corrected chi connectivity index (χ1v) is 6.86. The van der Waals surface area contributed by atoms with Crippen LogP contribution in [0.25, 0.3) is 5.57 Å². The largest absolute Gasteiger partial charge is 0.0728 e. The predicted octanol–water partition coefficient (Wildman–Crippen LogP) is 5.08. The predicted molar refractivity (Wildman–Crippen MR) is 78.2 cm³/mol. The van der Waals surface area contributed by atoms with Crippen molar-refractivity contribution in [3.8, 4) is 0 Å². The van der Waals surface area contributed by atoms with Crippen LogP contribution >= 0.6 is 0 Å². The fraction of sp³-hybridized carbons (Fsp3) is 0.444. The Hall–Kier alpha value is -1.30. The van der Waals surface area contributed by atoms with Crippen molar-refractivity contribution in [2.24, 2.45) is 16.2 Å². The Labute approximate surface area is 110 Å². The lowest BCUT2D eigenvalue weighted by molar-refractivity contribution is -0.109. The van der Waals surface area contributed by atoms with E-state index in [9.17, 15) is 0 Å². The van der Waals surface area contributed by atoms with Gasteiger partial charge in [-0.1, -0.05) is 76.3 Å². The molecule has 0 radical (unpaired) electrons. The highest BCUT2D eigenvalue weighted by molar-refractivity contribution is 5.78. The average molecular weight is 238 g/mol. The first-order valence-electron chi connectivity index (χ1n) is 6.86. The summed E-state index contributed by atoms with van der Waals surface area (Å²) in [6.45, 7) is 9.58. The Morgan fingerprint density at radius 1 is 0.889 bits per heavy atom. The molecule has 1 aromatic rings. The molecule has 2 aliphatic rings. The molecule has 3 rings (SSSR count). The molecular weight excluding hydrogens is 216 g/mol. The van der Waals surface area contributed by atoms with Gasteiger partial charge in [0.15, 0.2) is 0 Å². The molecule has 1 spiro atoms. The highest BCUT2D eigenvalue weighted by Gasteiger charge is 2.63. The minimum absolute atomic E-state index is 0.241. The van der Waals surface area contributed by atoms with Gasteiger partial charge in [0.05, 0.1) is 0 Å². The zero-order chi connectivity index (χ0) is 13.0. The van der Waals surface area contributed by atoms with Crippen LogP contribution in [0.2, 0.25) is 0 Å². The summed E-state index contributed by atoms with van der Waals surface area (Å²) < 4.78 is 0. The van der Waals surface area contributed by atoms with Crippen molar-refractivity contribution in [3.05, 3.63) is 54.1 Å². The van der Waals surface area contributed by atoms with Crippen LogP contribution in [-0.4, -0.2) is 0 Å². The molecule has 0 unspecified atom stereocenters. The van der Waals surface area contributed by atoms with Crippen molar-refractivity contribution >= 4 is 5.57 Å². The highest BCUT2D eigenvalue weighted by Crippen LogP contribution is 2.71. The van der Waals surface area contributed by atoms with E-state index in [4.69, 9.17) is 0 Å². The van der Waals surface area contributed by atoms with Crippen molar-refractivity contribution in [2.75, 3.05) is 0 Å². The zero-order valence-corrected chi connectivity index (χ0v) is 11.8. The van der Waals surface area contributed by atoms with Gasteiger partial charge in [0, 0.05) is 5.41 Å². The van der Waals surface area contributed by atoms with Crippen LogP contribution in [-0.2, 0) is 0 Å². The lowest BCUT2D eigenvalue weighted by atomic mass is 9.39. The molecule has 1 aromatic carbocycles. The fourth-order valence-electron chi connectivity index (χ4n) is 4.42. The van der Waals surface area contributed by atoms with Crippen molar-refractivity contribution in [1.29, 1.82) is 0 Å². The lowest BCUT2D eigenvalue weighted by Crippen LogP contribution is -2.58. The minimum Gasteiger partial charge on any atom is -0.0728 e. The van der Waals surface area contributed by atoms with Gasteiger partial charge in [-0.3, -0.25) is 0 Å². The van der Waals surface area contributed by atoms with E-state index in [2.05, 4.69) is 76.3 Å². The third-order valence-electron chi connectivity index (χ3n) is 5.14. The van der Waals surface area contributed by atoms with Crippen LogP contribution in [0.1, 0.15) is 39.7 Å². The van der Waals surface area contributed by atoms with Gasteiger partial charge in [-0.25, -0.2) is 0 Å². The van der Waals surface area contributed by atoms with Crippen LogP contribution in [0, 0.1) is 16.2 Å². The van der Waals surface area contributed by atoms with Gasteiger partial charge in [0.2, 0.25) is 0 Å². The summed E-state index contributed by atoms with van der Waals surface area (Å²) in [5.41, 5.74) is 3.72. The Kier molecular flexibility index (Phi) is 2.21. The van der Waals surface area contributed by atoms with Gasteiger partial charge in [-0.05, 0) is 28.4 Å². The fourth-order valence-corrected chi connectivity index (χ4v) is 4.42. The van der Waals surface area contributed by atoms with E-state index in [-0.39, 0.29) is 5.41 Å². The van der Waals surface area contributed by atoms with Gasteiger partial charge in [-0.2, -0.15) is 0 Å². The molecule has 0 amide bonds. The Bertz CT molecular complexity index is 512. The molecule has 0 heteroatoms. The van der Waals surface area contributed by atoms with Gasteiger partial charge < -0.3 is 0 Å². The van der Waals surface area contributed by atoms with Crippen molar-refractivity contribution in [1.82, 2.24) is 0 Å². The SMILES string of the molecule is CC1(C)CC(C)(C)C12C=CC(c1ccccc1)=C2. The molecular formula is C18H22. The number of benzene rings is 1. The molecule has 0 heterocycles. The van der Waals surface area contributed by atoms with E-state index in [0.717, 1.165) is 0 Å². The summed E-state index contributed by atoms with van der Waals surface area (Å²) in [7, 11) is 0. The van der Waals surface area contributed by atoms with E-state index in [1.807, 2.05) is 0 Å². The zero-order valence-electron chi connectivity index (χ0n) is 11.8. The molecule has 2 aliphatic carbocycles. The van der Waals surface area contributed by atoms with Crippen LogP contribution in [0.3, 0.4) is 0 Å². The molecule has 0 bridgehead atoms. The van der Waals surface area contributed by atoms with Crippen LogP contribution in [0.15, 0.2) is 48.6 Å². The van der Waals surface area contributed by atoms with E-state index < -0.39 is 0 Å². The molecule has 0 saturated heterocycles. The Balaban J connectivity index is 2.05. The summed E-state index contributed by atoms with van der Waals surface area (Å²) in [4.78, 5) is 0. The summed E-state index contributed by atoms with van der Waals surface area (Å²) in [6, 6.07) is 10.7. The molecule has 94 valence electrons. The molecule has 18 heavy (non-hydrogen) atoms. The maximum absolute atomic E-state index is 2.51. The molecule has 1 saturated carbocycles. The molecule has 0 nitrogen and oxygen atoms in total. The molecule has 0 N–H and O–H groups in total. The second-order valence-electron chi connectivity index (χ2n) is 7.11. The third-order valence-corrected chi connectivity index (χ3v) is 5.14. The van der Waals surface area contributed by atoms with E-state index in [1.165, 1.54) is 17.6 Å². The van der Waals surface area contributed by atoms with Crippen molar-refractivity contribution in [2.45, 2.75) is 34.1 Å². The first-order chi connectivity index (χ1) is 8.38. The molecule has 1 fully saturated rings. The first kappa shape index (κ1) is 11.8. The van der Waals surface area contributed by atoms with Crippen LogP contribution < -0.4 is 0 Å². The van der Waals surface area contributed by atoms with Gasteiger partial charge in [0.1, 0.15) is 0 Å². The summed E-state index contributed by atoms with van der Waals surface area (Å²) in [6.07, 6.45) is 8.56. The Morgan fingerprint density at radius 2 is 1.50 bits per heavy atom. The topological polar surface area (TPSA) is 0 Å². The van der Waals surface area contributed by atoms with E-state index in [1.54, 1.807) is 0 Å². The maximum Gasteiger partial charge on any atom is 0.0176 e. The molecule has 0 aromatic heterocycles. The minimum atomic E-state index is 0.241. The van der Waals surface area contributed by atoms with Gasteiger partial charge >= 0.3 is 0 Å². The number of hydrogen-bond donors (Lipinski definition) is 0.